The lowest BCUT2D eigenvalue weighted by molar-refractivity contribution is -0.141. The zero-order chi connectivity index (χ0) is 92.6. The van der Waals surface area contributed by atoms with Gasteiger partial charge in [-0.3, -0.25) is 24.0 Å². The summed E-state index contributed by atoms with van der Waals surface area (Å²) in [6, 6.07) is 46.3. The van der Waals surface area contributed by atoms with E-state index in [0.29, 0.717) is 187 Å². The summed E-state index contributed by atoms with van der Waals surface area (Å²) in [4.78, 5) is 61.0. The summed E-state index contributed by atoms with van der Waals surface area (Å²) in [5.41, 5.74) is 6.23. The molecule has 0 radical (unpaired) electrons. The van der Waals surface area contributed by atoms with E-state index in [1.807, 2.05) is 84.9 Å². The predicted octanol–water partition coefficient (Wildman–Crippen LogP) is 22.4. The third kappa shape index (κ3) is 25.8. The van der Waals surface area contributed by atoms with Crippen LogP contribution in [0.4, 0.5) is 0 Å². The molecule has 7 aliphatic heterocycles. The van der Waals surface area contributed by atoms with Crippen LogP contribution in [0.3, 0.4) is 0 Å². The molecule has 23 heteroatoms. The number of hydrogen-bond acceptors (Lipinski definition) is 21. The molecular formula is C108H142O21S2. The Bertz CT molecular complexity index is 5080. The van der Waals surface area contributed by atoms with Crippen molar-refractivity contribution in [1.82, 2.24) is 0 Å². The molecule has 6 aromatic rings. The number of benzene rings is 6. The second kappa shape index (κ2) is 43.4. The van der Waals surface area contributed by atoms with Gasteiger partial charge in [0.15, 0.2) is 5.78 Å². The first kappa shape index (κ1) is 97.7. The van der Waals surface area contributed by atoms with Crippen LogP contribution >= 0.6 is 0 Å². The van der Waals surface area contributed by atoms with Crippen LogP contribution in [0, 0.1) is 47.3 Å². The lowest BCUT2D eigenvalue weighted by Crippen LogP contribution is -2.42. The minimum absolute atomic E-state index is 0.00556. The first-order valence-electron chi connectivity index (χ1n) is 49.7. The van der Waals surface area contributed by atoms with Gasteiger partial charge < -0.3 is 55.7 Å². The van der Waals surface area contributed by atoms with Crippen LogP contribution in [0.1, 0.15) is 325 Å². The van der Waals surface area contributed by atoms with Crippen molar-refractivity contribution in [2.45, 2.75) is 370 Å². The number of carbonyl (C=O) groups excluding carboxylic acids is 5. The summed E-state index contributed by atoms with van der Waals surface area (Å²) in [7, 11) is -7.44. The Balaban J connectivity index is 0.000000120. The summed E-state index contributed by atoms with van der Waals surface area (Å²) in [5, 5.41) is -0.435. The van der Waals surface area contributed by atoms with E-state index in [1.54, 1.807) is 24.3 Å². The Hall–Kier alpha value is -7.87. The Kier molecular flexibility index (Phi) is 32.4. The fraction of sp³-hybridized carbons (Fsp3) is 0.620. The largest absolute Gasteiger partial charge is 0.427 e. The van der Waals surface area contributed by atoms with Crippen molar-refractivity contribution in [2.24, 2.45) is 47.3 Å². The first-order valence-corrected chi connectivity index (χ1v) is 52.8. The number of carbonyl (C=O) groups is 5. The zero-order valence-corrected chi connectivity index (χ0v) is 80.7. The molecule has 7 aliphatic carbocycles. The number of fused-ring (bicyclic) bond motifs is 12. The van der Waals surface area contributed by atoms with Crippen LogP contribution < -0.4 is 27.3 Å². The van der Waals surface area contributed by atoms with Gasteiger partial charge in [0, 0.05) is 19.3 Å². The van der Waals surface area contributed by atoms with E-state index < -0.39 is 36.8 Å². The molecule has 0 spiro atoms. The highest BCUT2D eigenvalue weighted by Gasteiger charge is 2.63. The standard InChI is InChI=1S/C21H28O3.C19H24O3.C18H24O3.C17H22O5S.C17H22O3.C16H22O4S/c1-3-13(2)14-5-4-6-18(10-14)23-21(22)16-8-7-15-11-19-20(24-19)12-17(15)9-16;1-3-11(2)12-4-6-15(7-5-12)21-17(20)10-13-8-14-9-16(13)19-18(14)22-19;1-3-12(2)14-5-7-15(8-6-14)20-18(19)11-13-4-9-16-17(10-13)21-16;1-3-12(2)13-4-6-14(7-5-13)22-23(19,20)11-17-9-8-15(21-17)10-16(17)18;1-3-11(2)12-5-4-6-14(9-12)19-17(18)13-7-8-15-16(10-13)20-15;1-3-11(2)12-4-6-13(7-5-12)20-21(17,18)14-8-9-15-16(10-14)19-15/h4-6,10,13,15-17,19-20H,3,7-9,11-12H2,1-2H3;4-7,11,13-14,16,18-19H,3,8-10H2,1-2H3;5-8,12-13,16-17H,3-4,9-11H2,1-2H3;4-7,12,15H,3,8-11H2,1-2H3;4-6,9,11,13,15-16H,3,7-8,10H2,1-2H3;4-7,11,14-16H,3,8-10H2,1-2H3. The molecule has 712 valence electrons. The van der Waals surface area contributed by atoms with Gasteiger partial charge >= 0.3 is 44.1 Å². The van der Waals surface area contributed by atoms with Crippen LogP contribution in [0.5, 0.6) is 34.5 Å². The Morgan fingerprint density at radius 1 is 0.382 bits per heavy atom. The third-order valence-electron chi connectivity index (χ3n) is 31.4. The number of epoxide rings is 5. The summed E-state index contributed by atoms with van der Waals surface area (Å²) < 4.78 is 115. The lowest BCUT2D eigenvalue weighted by atomic mass is 9.67. The van der Waals surface area contributed by atoms with Gasteiger partial charge in [0.25, 0.3) is 0 Å². The molecule has 27 atom stereocenters. The van der Waals surface area contributed by atoms with E-state index in [9.17, 15) is 40.8 Å². The van der Waals surface area contributed by atoms with Crippen LogP contribution in [0.25, 0.3) is 0 Å². The highest BCUT2D eigenvalue weighted by molar-refractivity contribution is 7.87. The summed E-state index contributed by atoms with van der Waals surface area (Å²) >= 11 is 0. The number of esters is 4. The van der Waals surface area contributed by atoms with Gasteiger partial charge in [-0.15, -0.1) is 0 Å². The minimum Gasteiger partial charge on any atom is -0.427 e. The van der Waals surface area contributed by atoms with Crippen LogP contribution in [0.15, 0.2) is 146 Å². The summed E-state index contributed by atoms with van der Waals surface area (Å²) in [5.74, 6) is 9.20. The van der Waals surface area contributed by atoms with E-state index in [4.69, 9.17) is 55.7 Å². The maximum atomic E-state index is 12.6. The van der Waals surface area contributed by atoms with Gasteiger partial charge in [-0.25, -0.2) is 0 Å². The fourth-order valence-corrected chi connectivity index (χ4v) is 24.2. The van der Waals surface area contributed by atoms with Crippen molar-refractivity contribution < 1.29 is 96.5 Å². The van der Waals surface area contributed by atoms with Crippen molar-refractivity contribution in [3.63, 3.8) is 0 Å². The zero-order valence-electron chi connectivity index (χ0n) is 79.1. The van der Waals surface area contributed by atoms with Crippen molar-refractivity contribution in [1.29, 1.82) is 0 Å². The maximum Gasteiger partial charge on any atom is 0.314 e. The number of ether oxygens (including phenoxy) is 10. The average Bonchev–Trinajstić information content (AvgIpc) is 1.55. The Morgan fingerprint density at radius 3 is 1.28 bits per heavy atom. The highest BCUT2D eigenvalue weighted by Crippen LogP contribution is 2.60. The molecule has 14 aliphatic rings. The van der Waals surface area contributed by atoms with E-state index in [0.717, 1.165) is 133 Å². The molecule has 4 bridgehead atoms. The van der Waals surface area contributed by atoms with Crippen LogP contribution in [-0.4, -0.2) is 130 Å². The van der Waals surface area contributed by atoms with Gasteiger partial charge in [0.1, 0.15) is 45.9 Å². The topological polar surface area (TPSA) is 281 Å². The molecule has 0 aromatic heterocycles. The van der Waals surface area contributed by atoms with Crippen molar-refractivity contribution in [3.8, 4) is 34.5 Å². The van der Waals surface area contributed by atoms with Crippen molar-refractivity contribution in [2.75, 3.05) is 5.75 Å². The summed E-state index contributed by atoms with van der Waals surface area (Å²) in [6.45, 7) is 26.0. The maximum absolute atomic E-state index is 12.6. The fourth-order valence-electron chi connectivity index (χ4n) is 21.5. The lowest BCUT2D eigenvalue weighted by Gasteiger charge is -2.36. The van der Waals surface area contributed by atoms with Gasteiger partial charge in [-0.05, 0) is 331 Å². The molecule has 0 amide bonds. The number of rotatable bonds is 29. The highest BCUT2D eigenvalue weighted by atomic mass is 32.2. The molecule has 7 heterocycles. The number of ketones is 1. The SMILES string of the molecule is CCC(C)c1ccc(OC(=O)CC2CC3CC2C2OC32)cc1.CCC(C)c1ccc(OC(=O)CC2CCC3OC3C2)cc1.CCC(C)c1ccc(OS(=O)(=O)C2CCC3OC3C2)cc1.CCC(C)c1ccc(OS(=O)(=O)CC23CCC(CC2=O)O3)cc1.CCC(C)c1cccc(OC(=O)C2CCC3CC4OC4CC3C2)c1.CCC(C)c1cccc(OC(=O)C2CCC3OC3C2)c1. The molecule has 20 rings (SSSR count). The van der Waals surface area contributed by atoms with Gasteiger partial charge in [-0.2, -0.15) is 16.8 Å². The average molecular weight is 1840 g/mol. The quantitative estimate of drug-likeness (QED) is 0.0182. The molecule has 7 saturated carbocycles. The van der Waals surface area contributed by atoms with Crippen molar-refractivity contribution >= 4 is 49.9 Å². The molecular weight excluding hydrogens is 1700 g/mol. The normalized spacial score (nSPS) is 31.3. The molecule has 6 aromatic carbocycles. The van der Waals surface area contributed by atoms with Crippen LogP contribution in [-0.2, 0) is 72.6 Å². The Labute approximate surface area is 778 Å². The molecule has 14 fully saturated rings. The molecule has 27 unspecified atom stereocenters. The second-order valence-electron chi connectivity index (χ2n) is 40.4. The third-order valence-corrected chi connectivity index (χ3v) is 34.4. The van der Waals surface area contributed by atoms with E-state index in [1.165, 1.54) is 40.7 Å². The molecule has 0 N–H and O–H groups in total. The monoisotopic (exact) mass is 1840 g/mol. The number of hydrogen-bond donors (Lipinski definition) is 0. The molecule has 7 saturated heterocycles. The Morgan fingerprint density at radius 2 is 0.817 bits per heavy atom. The predicted molar refractivity (Wildman–Crippen MR) is 502 cm³/mol. The molecule has 131 heavy (non-hydrogen) atoms. The summed E-state index contributed by atoms with van der Waals surface area (Å²) in [6.07, 6.45) is 28.9. The second-order valence-corrected chi connectivity index (χ2v) is 43.8. The smallest absolute Gasteiger partial charge is 0.314 e. The van der Waals surface area contributed by atoms with E-state index in [-0.39, 0.29) is 59.5 Å². The van der Waals surface area contributed by atoms with E-state index in [2.05, 4.69) is 119 Å². The van der Waals surface area contributed by atoms with Gasteiger partial charge in [0.05, 0.1) is 84.2 Å². The first-order chi connectivity index (χ1) is 62.9. The van der Waals surface area contributed by atoms with E-state index >= 15 is 0 Å². The minimum atomic E-state index is -3.88. The molecule has 21 nitrogen and oxygen atoms in total. The van der Waals surface area contributed by atoms with Crippen molar-refractivity contribution in [3.05, 3.63) is 179 Å². The van der Waals surface area contributed by atoms with Gasteiger partial charge in [0.2, 0.25) is 0 Å². The van der Waals surface area contributed by atoms with Gasteiger partial charge in [-0.1, -0.05) is 156 Å². The van der Waals surface area contributed by atoms with Crippen LogP contribution in [0.2, 0.25) is 0 Å². The number of Topliss-reactive ketones (excluding diaryl/α,β-unsaturated/α-hetero) is 1.